The van der Waals surface area contributed by atoms with Gasteiger partial charge in [-0.25, -0.2) is 0 Å². The van der Waals surface area contributed by atoms with E-state index in [-0.39, 0.29) is 0 Å². The number of benzene rings is 3. The van der Waals surface area contributed by atoms with E-state index in [0.29, 0.717) is 0 Å². The molecule has 4 rings (SSSR count). The van der Waals surface area contributed by atoms with Gasteiger partial charge in [0.15, 0.2) is 0 Å². The molecule has 0 aliphatic rings. The zero-order valence-corrected chi connectivity index (χ0v) is 15.4. The number of pyridine rings is 1. The molecule has 3 aromatic carbocycles. The first-order valence-electron chi connectivity index (χ1n) is 9.31. The van der Waals surface area contributed by atoms with Gasteiger partial charge in [-0.3, -0.25) is 4.98 Å². The Hall–Kier alpha value is -3.39. The molecule has 0 radical (unpaired) electrons. The third-order valence-electron chi connectivity index (χ3n) is 4.69. The van der Waals surface area contributed by atoms with Gasteiger partial charge in [-0.05, 0) is 42.3 Å². The van der Waals surface area contributed by atoms with Gasteiger partial charge in [0.05, 0.1) is 17.6 Å². The van der Waals surface area contributed by atoms with Crippen molar-refractivity contribution in [3.63, 3.8) is 0 Å². The lowest BCUT2D eigenvalue weighted by Crippen LogP contribution is -2.12. The van der Waals surface area contributed by atoms with E-state index in [2.05, 4.69) is 90.7 Å². The van der Waals surface area contributed by atoms with E-state index in [1.165, 1.54) is 5.56 Å². The van der Waals surface area contributed by atoms with Crippen molar-refractivity contribution in [1.29, 1.82) is 0 Å². The van der Waals surface area contributed by atoms with Crippen LogP contribution in [-0.2, 0) is 6.42 Å². The van der Waals surface area contributed by atoms with E-state index in [0.717, 1.165) is 34.7 Å². The van der Waals surface area contributed by atoms with Crippen molar-refractivity contribution in [2.45, 2.75) is 13.3 Å². The molecule has 0 N–H and O–H groups in total. The van der Waals surface area contributed by atoms with Gasteiger partial charge in [-0.15, -0.1) is 0 Å². The van der Waals surface area contributed by atoms with Crippen molar-refractivity contribution >= 4 is 17.1 Å². The largest absolute Gasteiger partial charge is 0.309 e. The normalized spacial score (nSPS) is 10.6. The molecular formula is C25H22N2. The Labute approximate surface area is 160 Å². The van der Waals surface area contributed by atoms with Crippen LogP contribution in [0.4, 0.5) is 17.1 Å². The number of hydrogen-bond acceptors (Lipinski definition) is 2. The molecule has 0 aliphatic heterocycles. The van der Waals surface area contributed by atoms with Crippen molar-refractivity contribution in [2.75, 3.05) is 4.90 Å². The van der Waals surface area contributed by atoms with Crippen LogP contribution in [0.15, 0.2) is 103 Å². The molecule has 0 spiro atoms. The lowest BCUT2D eigenvalue weighted by Gasteiger charge is -2.27. The molecule has 0 amide bonds. The molecule has 2 heteroatoms. The van der Waals surface area contributed by atoms with Crippen LogP contribution in [0.3, 0.4) is 0 Å². The number of aromatic nitrogens is 1. The molecule has 0 saturated carbocycles. The SMILES string of the molecule is CCc1cc(-c2ccccc2)ncc1N(c1ccccc1)c1ccccc1. The number of hydrogen-bond donors (Lipinski definition) is 0. The average molecular weight is 350 g/mol. The topological polar surface area (TPSA) is 16.1 Å². The lowest BCUT2D eigenvalue weighted by molar-refractivity contribution is 1.09. The summed E-state index contributed by atoms with van der Waals surface area (Å²) in [6.07, 6.45) is 2.94. The van der Waals surface area contributed by atoms with Crippen molar-refractivity contribution in [1.82, 2.24) is 4.98 Å². The van der Waals surface area contributed by atoms with Gasteiger partial charge in [-0.1, -0.05) is 73.7 Å². The Morgan fingerprint density at radius 1 is 0.704 bits per heavy atom. The fourth-order valence-corrected chi connectivity index (χ4v) is 3.32. The second-order valence-electron chi connectivity index (χ2n) is 6.42. The monoisotopic (exact) mass is 350 g/mol. The average Bonchev–Trinajstić information content (AvgIpc) is 2.76. The molecule has 27 heavy (non-hydrogen) atoms. The number of anilines is 3. The van der Waals surface area contributed by atoms with Crippen LogP contribution in [0.2, 0.25) is 0 Å². The quantitative estimate of drug-likeness (QED) is 0.394. The van der Waals surface area contributed by atoms with Crippen LogP contribution < -0.4 is 4.90 Å². The van der Waals surface area contributed by atoms with E-state index in [9.17, 15) is 0 Å². The standard InChI is InChI=1S/C25H22N2/c1-2-20-18-24(21-12-6-3-7-13-21)26-19-25(20)27(22-14-8-4-9-15-22)23-16-10-5-11-17-23/h3-19H,2H2,1H3. The van der Waals surface area contributed by atoms with Gasteiger partial charge in [0, 0.05) is 16.9 Å². The van der Waals surface area contributed by atoms with Crippen LogP contribution in [-0.4, -0.2) is 4.98 Å². The molecule has 0 saturated heterocycles. The maximum Gasteiger partial charge on any atom is 0.0706 e. The van der Waals surface area contributed by atoms with Crippen LogP contribution in [0.25, 0.3) is 11.3 Å². The number of para-hydroxylation sites is 2. The Kier molecular flexibility index (Phi) is 4.97. The minimum atomic E-state index is 0.938. The highest BCUT2D eigenvalue weighted by Gasteiger charge is 2.16. The van der Waals surface area contributed by atoms with Crippen LogP contribution >= 0.6 is 0 Å². The molecule has 1 aromatic heterocycles. The first kappa shape index (κ1) is 17.0. The summed E-state index contributed by atoms with van der Waals surface area (Å²) >= 11 is 0. The Morgan fingerprint density at radius 2 is 1.22 bits per heavy atom. The first-order valence-corrected chi connectivity index (χ1v) is 9.31. The van der Waals surface area contributed by atoms with Crippen molar-refractivity contribution < 1.29 is 0 Å². The number of aryl methyl sites for hydroxylation is 1. The Balaban J connectivity index is 1.85. The molecule has 132 valence electrons. The molecule has 4 aromatic rings. The Morgan fingerprint density at radius 3 is 1.74 bits per heavy atom. The molecule has 0 aliphatic carbocycles. The summed E-state index contributed by atoms with van der Waals surface area (Å²) in [4.78, 5) is 7.07. The fourth-order valence-electron chi connectivity index (χ4n) is 3.32. The van der Waals surface area contributed by atoms with E-state index in [4.69, 9.17) is 4.98 Å². The second-order valence-corrected chi connectivity index (χ2v) is 6.42. The minimum absolute atomic E-state index is 0.938. The highest BCUT2D eigenvalue weighted by molar-refractivity contribution is 5.79. The lowest BCUT2D eigenvalue weighted by atomic mass is 10.0. The van der Waals surface area contributed by atoms with Gasteiger partial charge in [0.1, 0.15) is 0 Å². The van der Waals surface area contributed by atoms with Gasteiger partial charge in [-0.2, -0.15) is 0 Å². The zero-order chi connectivity index (χ0) is 18.5. The van der Waals surface area contributed by atoms with Gasteiger partial charge >= 0.3 is 0 Å². The van der Waals surface area contributed by atoms with Crippen LogP contribution in [0.5, 0.6) is 0 Å². The second kappa shape index (κ2) is 7.88. The predicted molar refractivity (Wildman–Crippen MR) is 114 cm³/mol. The summed E-state index contributed by atoms with van der Waals surface area (Å²) in [6, 6.07) is 33.5. The summed E-state index contributed by atoms with van der Waals surface area (Å²) in [7, 11) is 0. The molecule has 2 nitrogen and oxygen atoms in total. The minimum Gasteiger partial charge on any atom is -0.309 e. The molecule has 1 heterocycles. The third-order valence-corrected chi connectivity index (χ3v) is 4.69. The summed E-state index contributed by atoms with van der Waals surface area (Å²) in [5.74, 6) is 0. The molecule has 0 fully saturated rings. The van der Waals surface area contributed by atoms with E-state index < -0.39 is 0 Å². The van der Waals surface area contributed by atoms with E-state index in [1.54, 1.807) is 0 Å². The summed E-state index contributed by atoms with van der Waals surface area (Å²) in [6.45, 7) is 2.20. The van der Waals surface area contributed by atoms with Crippen molar-refractivity contribution in [2.24, 2.45) is 0 Å². The summed E-state index contributed by atoms with van der Waals surface area (Å²) in [5.41, 5.74) is 6.81. The maximum absolute atomic E-state index is 4.79. The smallest absolute Gasteiger partial charge is 0.0706 e. The van der Waals surface area contributed by atoms with E-state index in [1.807, 2.05) is 24.4 Å². The molecular weight excluding hydrogens is 328 g/mol. The summed E-state index contributed by atoms with van der Waals surface area (Å²) in [5, 5.41) is 0. The molecule has 0 bridgehead atoms. The Bertz CT molecular complexity index is 957. The highest BCUT2D eigenvalue weighted by Crippen LogP contribution is 2.37. The molecule has 0 atom stereocenters. The molecule has 0 unspecified atom stereocenters. The van der Waals surface area contributed by atoms with E-state index >= 15 is 0 Å². The number of rotatable bonds is 5. The van der Waals surface area contributed by atoms with Gasteiger partial charge < -0.3 is 4.90 Å². The summed E-state index contributed by atoms with van der Waals surface area (Å²) < 4.78 is 0. The van der Waals surface area contributed by atoms with Crippen LogP contribution in [0.1, 0.15) is 12.5 Å². The van der Waals surface area contributed by atoms with Gasteiger partial charge in [0.25, 0.3) is 0 Å². The predicted octanol–water partition coefficient (Wildman–Crippen LogP) is 6.78. The first-order chi connectivity index (χ1) is 13.4. The van der Waals surface area contributed by atoms with Crippen molar-refractivity contribution in [3.8, 4) is 11.3 Å². The third kappa shape index (κ3) is 3.61. The van der Waals surface area contributed by atoms with Crippen LogP contribution in [0, 0.1) is 0 Å². The fraction of sp³-hybridized carbons (Fsp3) is 0.0800. The van der Waals surface area contributed by atoms with Gasteiger partial charge in [0.2, 0.25) is 0 Å². The van der Waals surface area contributed by atoms with Crippen molar-refractivity contribution in [3.05, 3.63) is 109 Å². The highest BCUT2D eigenvalue weighted by atomic mass is 15.1. The zero-order valence-electron chi connectivity index (χ0n) is 15.4. The number of nitrogens with zero attached hydrogens (tertiary/aromatic N) is 2. The maximum atomic E-state index is 4.79.